The van der Waals surface area contributed by atoms with Gasteiger partial charge in [0, 0.05) is 4.75 Å². The first-order valence-electron chi connectivity index (χ1n) is 5.36. The van der Waals surface area contributed by atoms with Crippen LogP contribution < -0.4 is 5.73 Å². The molecule has 3 heteroatoms. The molecule has 92 valence electrons. The van der Waals surface area contributed by atoms with E-state index in [0.717, 1.165) is 6.04 Å². The molecule has 2 N–H and O–H groups in total. The second-order valence-electron chi connectivity index (χ2n) is 4.52. The van der Waals surface area contributed by atoms with Gasteiger partial charge in [0.15, 0.2) is 0 Å². The maximum Gasteiger partial charge on any atom is 2.00 e. The smallest absolute Gasteiger partial charge is 0.322 e. The topological polar surface area (TPSA) is 26.0 Å². The van der Waals surface area contributed by atoms with Crippen LogP contribution in [0, 0.1) is 62.7 Å². The Morgan fingerprint density at radius 2 is 1.35 bits per heavy atom. The maximum absolute atomic E-state index is 5.73. The van der Waals surface area contributed by atoms with E-state index in [9.17, 15) is 0 Å². The third-order valence-electron chi connectivity index (χ3n) is 1.78. The van der Waals surface area contributed by atoms with Crippen LogP contribution in [0.5, 0.6) is 0 Å². The van der Waals surface area contributed by atoms with Crippen molar-refractivity contribution in [2.75, 3.05) is 0 Å². The van der Waals surface area contributed by atoms with Crippen molar-refractivity contribution >= 4 is 11.8 Å². The Bertz CT molecular complexity index is 180. The summed E-state index contributed by atoms with van der Waals surface area (Å²) in [5, 5.41) is 1.19. The molecule has 0 bridgehead atoms. The fourth-order valence-electron chi connectivity index (χ4n) is 1.16. The van der Waals surface area contributed by atoms with Crippen LogP contribution in [0.15, 0.2) is 0 Å². The molecule has 0 aromatic heterocycles. The van der Waals surface area contributed by atoms with Crippen molar-refractivity contribution in [1.82, 2.24) is 0 Å². The minimum absolute atomic E-state index is 0. The standard InChI is InChI=1S/C9H14NS.C5H5.Fe/c1-9(2,3)11-8-6-4-5-7(8)10;1-2-4-5-3-1;/h4-6H,10H2,1-3H3;1-5H;/q;;+2. The van der Waals surface area contributed by atoms with Gasteiger partial charge in [-0.05, 0) is 51.4 Å². The molecule has 10 radical (unpaired) electrons. The van der Waals surface area contributed by atoms with Gasteiger partial charge < -0.3 is 5.73 Å². The summed E-state index contributed by atoms with van der Waals surface area (Å²) in [6.07, 6.45) is 16.0. The van der Waals surface area contributed by atoms with E-state index in [2.05, 4.69) is 27.2 Å². The van der Waals surface area contributed by atoms with Crippen molar-refractivity contribution in [1.29, 1.82) is 0 Å². The van der Waals surface area contributed by atoms with Crippen LogP contribution in [0.1, 0.15) is 20.8 Å². The zero-order valence-electron chi connectivity index (χ0n) is 10.5. The third-order valence-corrected chi connectivity index (χ3v) is 2.98. The zero-order valence-corrected chi connectivity index (χ0v) is 12.4. The van der Waals surface area contributed by atoms with Gasteiger partial charge in [0.1, 0.15) is 0 Å². The average Bonchev–Trinajstić information content (AvgIpc) is 2.79. The molecule has 1 nitrogen and oxygen atoms in total. The van der Waals surface area contributed by atoms with E-state index in [-0.39, 0.29) is 21.8 Å². The van der Waals surface area contributed by atoms with Crippen LogP contribution in [0.2, 0.25) is 0 Å². The fraction of sp³-hybridized carbons (Fsp3) is 0.286. The average molecular weight is 289 g/mol. The maximum atomic E-state index is 5.73. The van der Waals surface area contributed by atoms with E-state index in [1.54, 1.807) is 0 Å². The third kappa shape index (κ3) is 8.53. The van der Waals surface area contributed by atoms with Crippen molar-refractivity contribution in [3.05, 3.63) is 62.7 Å². The Kier molecular flexibility index (Phi) is 9.28. The Hall–Kier alpha value is 0.829. The largest absolute Gasteiger partial charge is 2.00 e. The predicted molar refractivity (Wildman–Crippen MR) is 72.4 cm³/mol. The van der Waals surface area contributed by atoms with Gasteiger partial charge in [0.2, 0.25) is 0 Å². The molecule has 0 heterocycles. The molecule has 2 saturated carbocycles. The van der Waals surface area contributed by atoms with Gasteiger partial charge in [0.05, 0.1) is 11.3 Å². The minimum atomic E-state index is 0. The number of rotatable bonds is 1. The second kappa shape index (κ2) is 8.85. The first-order valence-corrected chi connectivity index (χ1v) is 6.17. The van der Waals surface area contributed by atoms with Crippen LogP contribution >= 0.6 is 11.8 Å². The van der Waals surface area contributed by atoms with E-state index in [1.165, 1.54) is 5.25 Å². The molecule has 0 aliphatic heterocycles. The van der Waals surface area contributed by atoms with E-state index in [4.69, 9.17) is 5.73 Å². The molecule has 0 saturated heterocycles. The molecule has 2 aliphatic carbocycles. The summed E-state index contributed by atoms with van der Waals surface area (Å²) in [6, 6.07) is 0.893. The van der Waals surface area contributed by atoms with E-state index < -0.39 is 0 Å². The van der Waals surface area contributed by atoms with Gasteiger partial charge in [-0.2, -0.15) is 0 Å². The van der Waals surface area contributed by atoms with Crippen molar-refractivity contribution in [2.24, 2.45) is 5.73 Å². The van der Waals surface area contributed by atoms with E-state index in [1.807, 2.05) is 56.7 Å². The van der Waals surface area contributed by atoms with Crippen LogP contribution in [0.25, 0.3) is 0 Å². The van der Waals surface area contributed by atoms with Crippen LogP contribution in [-0.2, 0) is 17.1 Å². The normalized spacial score (nSPS) is 21.9. The van der Waals surface area contributed by atoms with Crippen LogP contribution in [0.4, 0.5) is 0 Å². The molecular formula is C14H19FeNS+2. The Morgan fingerprint density at radius 3 is 1.65 bits per heavy atom. The molecule has 2 fully saturated rings. The zero-order chi connectivity index (χ0) is 12.0. The monoisotopic (exact) mass is 289 g/mol. The van der Waals surface area contributed by atoms with Gasteiger partial charge in [-0.3, -0.25) is 0 Å². The second-order valence-corrected chi connectivity index (χ2v) is 6.39. The fourth-order valence-corrected chi connectivity index (χ4v) is 2.15. The van der Waals surface area contributed by atoms with E-state index in [0.29, 0.717) is 0 Å². The predicted octanol–water partition coefficient (Wildman–Crippen LogP) is 3.19. The number of hydrogen-bond donors (Lipinski definition) is 1. The molecule has 17 heavy (non-hydrogen) atoms. The summed E-state index contributed by atoms with van der Waals surface area (Å²) >= 11 is 1.81. The Balaban J connectivity index is 0.000000360. The first kappa shape index (κ1) is 17.8. The molecular weight excluding hydrogens is 270 g/mol. The summed E-state index contributed by atoms with van der Waals surface area (Å²) in [5.41, 5.74) is 5.73. The molecule has 0 aromatic carbocycles. The van der Waals surface area contributed by atoms with Gasteiger partial charge in [-0.15, -0.1) is 11.8 Å². The molecule has 0 atom stereocenters. The van der Waals surface area contributed by atoms with Crippen LogP contribution in [0.3, 0.4) is 0 Å². The summed E-state index contributed by atoms with van der Waals surface area (Å²) in [4.78, 5) is 0. The van der Waals surface area contributed by atoms with E-state index >= 15 is 0 Å². The summed E-state index contributed by atoms with van der Waals surface area (Å²) in [7, 11) is 0. The van der Waals surface area contributed by atoms with Gasteiger partial charge in [-0.25, -0.2) is 0 Å². The van der Waals surface area contributed by atoms with Crippen molar-refractivity contribution in [2.45, 2.75) is 25.5 Å². The van der Waals surface area contributed by atoms with Crippen molar-refractivity contribution in [3.63, 3.8) is 0 Å². The van der Waals surface area contributed by atoms with Gasteiger partial charge in [0.25, 0.3) is 0 Å². The number of nitrogens with two attached hydrogens (primary N) is 1. The van der Waals surface area contributed by atoms with Crippen molar-refractivity contribution in [3.8, 4) is 0 Å². The summed E-state index contributed by atoms with van der Waals surface area (Å²) in [5.74, 6) is 0. The van der Waals surface area contributed by atoms with Gasteiger partial charge >= 0.3 is 17.1 Å². The Labute approximate surface area is 123 Å². The van der Waals surface area contributed by atoms with Gasteiger partial charge in [-0.1, -0.05) is 20.8 Å². The number of hydrogen-bond acceptors (Lipinski definition) is 2. The first-order chi connectivity index (χ1) is 7.49. The molecule has 0 amide bonds. The summed E-state index contributed by atoms with van der Waals surface area (Å²) < 4.78 is 0.252. The molecule has 0 aromatic rings. The molecule has 0 spiro atoms. The van der Waals surface area contributed by atoms with Crippen molar-refractivity contribution < 1.29 is 17.1 Å². The van der Waals surface area contributed by atoms with Crippen LogP contribution in [-0.4, -0.2) is 4.75 Å². The minimum Gasteiger partial charge on any atom is -0.322 e. The number of thioether (sulfide) groups is 1. The quantitative estimate of drug-likeness (QED) is 0.750. The molecule has 2 aliphatic rings. The molecule has 2 rings (SSSR count). The molecule has 0 unspecified atom stereocenters. The summed E-state index contributed by atoms with van der Waals surface area (Å²) in [6.45, 7) is 6.55. The SMILES string of the molecule is CC(C)(C)S[C]1[CH][CH][CH][C]1N.[CH]1[CH][CH][CH][CH]1.[Fe+2]. The Morgan fingerprint density at radius 1 is 0.882 bits per heavy atom.